The van der Waals surface area contributed by atoms with Gasteiger partial charge in [0.1, 0.15) is 10.4 Å². The molecule has 8 heteroatoms. The topological polar surface area (TPSA) is 56.3 Å². The van der Waals surface area contributed by atoms with Gasteiger partial charge in [-0.2, -0.15) is 8.42 Å². The Hall–Kier alpha value is -1.09. The number of aryl methyl sites for hydroxylation is 1. The number of fused-ring (bicyclic) bond motifs is 1. The SMILES string of the molecule is Cc1ccc(I)cc1S(=O)(=O)Oc1c(Cl)cc(Cl)c2cccnc12. The van der Waals surface area contributed by atoms with Crippen molar-refractivity contribution in [1.29, 1.82) is 0 Å². The van der Waals surface area contributed by atoms with Crippen molar-refractivity contribution in [3.63, 3.8) is 0 Å². The van der Waals surface area contributed by atoms with Crippen molar-refractivity contribution in [2.24, 2.45) is 0 Å². The molecule has 0 N–H and O–H groups in total. The lowest BCUT2D eigenvalue weighted by molar-refractivity contribution is 0.487. The fourth-order valence-corrected chi connectivity index (χ4v) is 4.74. The number of nitrogens with zero attached hydrogens (tertiary/aromatic N) is 1. The zero-order chi connectivity index (χ0) is 17.5. The molecule has 0 radical (unpaired) electrons. The quantitative estimate of drug-likeness (QED) is 0.370. The maximum Gasteiger partial charge on any atom is 0.339 e. The first-order valence-electron chi connectivity index (χ1n) is 6.73. The third-order valence-corrected chi connectivity index (χ3v) is 5.99. The third kappa shape index (κ3) is 3.33. The van der Waals surface area contributed by atoms with E-state index in [-0.39, 0.29) is 15.7 Å². The van der Waals surface area contributed by atoms with Crippen molar-refractivity contribution < 1.29 is 12.6 Å². The zero-order valence-corrected chi connectivity index (χ0v) is 16.7. The maximum atomic E-state index is 12.7. The first-order chi connectivity index (χ1) is 11.3. The van der Waals surface area contributed by atoms with E-state index in [1.165, 1.54) is 12.3 Å². The van der Waals surface area contributed by atoms with Crippen LogP contribution in [0.5, 0.6) is 5.75 Å². The van der Waals surface area contributed by atoms with Crippen LogP contribution in [0, 0.1) is 10.5 Å². The van der Waals surface area contributed by atoms with E-state index in [9.17, 15) is 8.42 Å². The molecule has 0 atom stereocenters. The monoisotopic (exact) mass is 493 g/mol. The van der Waals surface area contributed by atoms with Crippen LogP contribution in [-0.4, -0.2) is 13.4 Å². The second-order valence-corrected chi connectivity index (χ2v) is 8.59. The molecule has 0 aliphatic heterocycles. The smallest absolute Gasteiger partial charge is 0.339 e. The molecule has 0 unspecified atom stereocenters. The highest BCUT2D eigenvalue weighted by atomic mass is 127. The highest BCUT2D eigenvalue weighted by molar-refractivity contribution is 14.1. The lowest BCUT2D eigenvalue weighted by atomic mass is 10.2. The van der Waals surface area contributed by atoms with Crippen molar-refractivity contribution in [2.45, 2.75) is 11.8 Å². The van der Waals surface area contributed by atoms with E-state index in [0.29, 0.717) is 21.5 Å². The van der Waals surface area contributed by atoms with Gasteiger partial charge in [-0.1, -0.05) is 29.3 Å². The second kappa shape index (κ2) is 6.67. The van der Waals surface area contributed by atoms with Gasteiger partial charge in [0.25, 0.3) is 0 Å². The van der Waals surface area contributed by atoms with Crippen LogP contribution in [0.4, 0.5) is 0 Å². The number of hydrogen-bond acceptors (Lipinski definition) is 4. The molecule has 0 aliphatic carbocycles. The highest BCUT2D eigenvalue weighted by Crippen LogP contribution is 2.38. The van der Waals surface area contributed by atoms with E-state index in [0.717, 1.165) is 3.57 Å². The van der Waals surface area contributed by atoms with Gasteiger partial charge < -0.3 is 4.18 Å². The van der Waals surface area contributed by atoms with Crippen LogP contribution in [0.1, 0.15) is 5.56 Å². The maximum absolute atomic E-state index is 12.7. The zero-order valence-electron chi connectivity index (χ0n) is 12.3. The molecule has 2 aromatic carbocycles. The van der Waals surface area contributed by atoms with Crippen LogP contribution in [0.2, 0.25) is 10.0 Å². The summed E-state index contributed by atoms with van der Waals surface area (Å²) in [6.07, 6.45) is 1.52. The number of benzene rings is 2. The van der Waals surface area contributed by atoms with Gasteiger partial charge in [0, 0.05) is 15.2 Å². The van der Waals surface area contributed by atoms with Crippen LogP contribution >= 0.6 is 45.8 Å². The van der Waals surface area contributed by atoms with E-state index in [1.54, 1.807) is 31.2 Å². The second-order valence-electron chi connectivity index (χ2n) is 5.02. The summed E-state index contributed by atoms with van der Waals surface area (Å²) in [5.41, 5.74) is 0.875. The molecule has 0 fully saturated rings. The summed E-state index contributed by atoms with van der Waals surface area (Å²) in [6, 6.07) is 9.95. The standard InChI is InChI=1S/C16H10Cl2INO3S/c1-9-4-5-10(19)7-14(9)24(21,22)23-16-13(18)8-12(17)11-3-2-6-20-15(11)16/h2-8H,1H3. The molecule has 4 nitrogen and oxygen atoms in total. The lowest BCUT2D eigenvalue weighted by Gasteiger charge is -2.13. The van der Waals surface area contributed by atoms with Crippen LogP contribution < -0.4 is 4.18 Å². The molecular formula is C16H10Cl2INO3S. The van der Waals surface area contributed by atoms with E-state index < -0.39 is 10.1 Å². The summed E-state index contributed by atoms with van der Waals surface area (Å²) in [7, 11) is -4.07. The Labute approximate surface area is 163 Å². The molecule has 1 aromatic heterocycles. The summed E-state index contributed by atoms with van der Waals surface area (Å²) in [5, 5.41) is 1.02. The molecule has 0 bridgehead atoms. The van der Waals surface area contributed by atoms with Gasteiger partial charge >= 0.3 is 10.1 Å². The van der Waals surface area contributed by atoms with Crippen molar-refractivity contribution in [2.75, 3.05) is 0 Å². The number of rotatable bonds is 3. The van der Waals surface area contributed by atoms with Crippen molar-refractivity contribution in [1.82, 2.24) is 4.98 Å². The normalized spacial score (nSPS) is 11.7. The van der Waals surface area contributed by atoms with Crippen molar-refractivity contribution in [3.8, 4) is 5.75 Å². The number of halogens is 3. The Balaban J connectivity index is 2.18. The number of aromatic nitrogens is 1. The lowest BCUT2D eigenvalue weighted by Crippen LogP contribution is -2.12. The first kappa shape index (κ1) is 17.7. The summed E-state index contributed by atoms with van der Waals surface area (Å²) < 4.78 is 31.5. The van der Waals surface area contributed by atoms with E-state index in [4.69, 9.17) is 27.4 Å². The summed E-state index contributed by atoms with van der Waals surface area (Å²) >= 11 is 14.3. The highest BCUT2D eigenvalue weighted by Gasteiger charge is 2.23. The van der Waals surface area contributed by atoms with Crippen LogP contribution in [0.25, 0.3) is 10.9 Å². The van der Waals surface area contributed by atoms with Crippen LogP contribution in [0.15, 0.2) is 47.5 Å². The van der Waals surface area contributed by atoms with Gasteiger partial charge in [0.05, 0.1) is 10.0 Å². The van der Waals surface area contributed by atoms with E-state index in [2.05, 4.69) is 4.98 Å². The van der Waals surface area contributed by atoms with Crippen molar-refractivity contribution >= 4 is 66.8 Å². The molecule has 0 aliphatic rings. The van der Waals surface area contributed by atoms with Crippen LogP contribution in [0.3, 0.4) is 0 Å². The molecule has 24 heavy (non-hydrogen) atoms. The fourth-order valence-electron chi connectivity index (χ4n) is 2.22. The Morgan fingerprint density at radius 3 is 2.62 bits per heavy atom. The molecular weight excluding hydrogens is 484 g/mol. The average molecular weight is 494 g/mol. The third-order valence-electron chi connectivity index (χ3n) is 3.36. The molecule has 3 rings (SSSR count). The summed E-state index contributed by atoms with van der Waals surface area (Å²) in [5.74, 6) is -0.0325. The predicted molar refractivity (Wildman–Crippen MR) is 103 cm³/mol. The van der Waals surface area contributed by atoms with Gasteiger partial charge in [-0.05, 0) is 65.4 Å². The number of pyridine rings is 1. The fraction of sp³-hybridized carbons (Fsp3) is 0.0625. The Morgan fingerprint density at radius 2 is 1.88 bits per heavy atom. The van der Waals surface area contributed by atoms with Gasteiger partial charge in [0.15, 0.2) is 5.75 Å². The molecule has 0 spiro atoms. The van der Waals surface area contributed by atoms with Crippen LogP contribution in [-0.2, 0) is 10.1 Å². The van der Waals surface area contributed by atoms with Gasteiger partial charge in [-0.15, -0.1) is 0 Å². The molecule has 0 saturated heterocycles. The van der Waals surface area contributed by atoms with E-state index in [1.807, 2.05) is 28.7 Å². The molecule has 1 heterocycles. The predicted octanol–water partition coefficient (Wildman–Crippen LogP) is 5.22. The van der Waals surface area contributed by atoms with E-state index >= 15 is 0 Å². The van der Waals surface area contributed by atoms with Gasteiger partial charge in [0.2, 0.25) is 0 Å². The largest absolute Gasteiger partial charge is 0.375 e. The Bertz CT molecular complexity index is 1050. The van der Waals surface area contributed by atoms with Gasteiger partial charge in [-0.25, -0.2) is 0 Å². The van der Waals surface area contributed by atoms with Gasteiger partial charge in [-0.3, -0.25) is 4.98 Å². The summed E-state index contributed by atoms with van der Waals surface area (Å²) in [4.78, 5) is 4.25. The number of hydrogen-bond donors (Lipinski definition) is 0. The summed E-state index contributed by atoms with van der Waals surface area (Å²) in [6.45, 7) is 1.70. The first-order valence-corrected chi connectivity index (χ1v) is 9.97. The Morgan fingerprint density at radius 1 is 1.12 bits per heavy atom. The minimum Gasteiger partial charge on any atom is -0.375 e. The molecule has 124 valence electrons. The average Bonchev–Trinajstić information content (AvgIpc) is 2.53. The minimum absolute atomic E-state index is 0.0325. The van der Waals surface area contributed by atoms with Crippen molar-refractivity contribution in [3.05, 3.63) is 61.8 Å². The minimum atomic E-state index is -4.07. The molecule has 0 saturated carbocycles. The molecule has 0 amide bonds. The Kier molecular flexibility index (Phi) is 4.92. The molecule has 3 aromatic rings.